The first kappa shape index (κ1) is 22.8. The Morgan fingerprint density at radius 3 is 2.35 bits per heavy atom. The van der Waals surface area contributed by atoms with Crippen LogP contribution in [-0.4, -0.2) is 60.2 Å². The minimum absolute atomic E-state index is 0.103. The number of carbonyl (C=O) groups excluding carboxylic acids is 2. The number of likely N-dealkylation sites (tertiary alicyclic amines) is 1. The van der Waals surface area contributed by atoms with Gasteiger partial charge in [0.15, 0.2) is 5.60 Å². The van der Waals surface area contributed by atoms with Crippen LogP contribution in [0.5, 0.6) is 0 Å². The molecule has 0 bridgehead atoms. The van der Waals surface area contributed by atoms with Crippen LogP contribution in [0.4, 0.5) is 9.18 Å². The lowest BCUT2D eigenvalue weighted by Crippen LogP contribution is -2.50. The SMILES string of the molecule is Cc1cc(C)cc(C2(C(=O)N3CC[C@]4(CN(Cc5ccc(F)cc5)C(=O)O4)C3)CCOCC2)c1. The van der Waals surface area contributed by atoms with Crippen LogP contribution in [0.2, 0.25) is 0 Å². The zero-order valence-corrected chi connectivity index (χ0v) is 19.8. The molecule has 3 fully saturated rings. The number of hydrogen-bond acceptors (Lipinski definition) is 4. The third kappa shape index (κ3) is 4.17. The Morgan fingerprint density at radius 2 is 1.68 bits per heavy atom. The highest BCUT2D eigenvalue weighted by molar-refractivity contribution is 5.89. The molecule has 0 N–H and O–H groups in total. The van der Waals surface area contributed by atoms with Crippen LogP contribution in [0.1, 0.15) is 41.5 Å². The molecule has 0 aromatic heterocycles. The van der Waals surface area contributed by atoms with Gasteiger partial charge in [-0.3, -0.25) is 9.69 Å². The van der Waals surface area contributed by atoms with Crippen LogP contribution in [-0.2, 0) is 26.2 Å². The molecule has 1 spiro atoms. The summed E-state index contributed by atoms with van der Waals surface area (Å²) in [4.78, 5) is 30.2. The monoisotopic (exact) mass is 466 g/mol. The predicted molar refractivity (Wildman–Crippen MR) is 125 cm³/mol. The summed E-state index contributed by atoms with van der Waals surface area (Å²) in [7, 11) is 0. The van der Waals surface area contributed by atoms with Crippen molar-refractivity contribution in [2.24, 2.45) is 0 Å². The number of rotatable bonds is 4. The first-order chi connectivity index (χ1) is 16.3. The molecule has 34 heavy (non-hydrogen) atoms. The third-order valence-electron chi connectivity index (χ3n) is 7.46. The van der Waals surface area contributed by atoms with Gasteiger partial charge in [0.05, 0.1) is 18.5 Å². The summed E-state index contributed by atoms with van der Waals surface area (Å²) in [5.74, 6) is -0.203. The molecule has 3 aliphatic heterocycles. The van der Waals surface area contributed by atoms with Crippen molar-refractivity contribution in [3.63, 3.8) is 0 Å². The second-order valence-corrected chi connectivity index (χ2v) is 10.1. The molecule has 2 aromatic rings. The average molecular weight is 467 g/mol. The molecular formula is C27H31FN2O4. The van der Waals surface area contributed by atoms with Gasteiger partial charge in [-0.05, 0) is 49.9 Å². The quantitative estimate of drug-likeness (QED) is 0.680. The van der Waals surface area contributed by atoms with Crippen LogP contribution in [0, 0.1) is 19.7 Å². The lowest BCUT2D eigenvalue weighted by atomic mass is 9.72. The predicted octanol–water partition coefficient (Wildman–Crippen LogP) is 4.11. The van der Waals surface area contributed by atoms with E-state index >= 15 is 0 Å². The van der Waals surface area contributed by atoms with Crippen LogP contribution >= 0.6 is 0 Å². The Kier molecular flexibility index (Phi) is 5.84. The highest BCUT2D eigenvalue weighted by Crippen LogP contribution is 2.41. The molecule has 1 atom stereocenters. The van der Waals surface area contributed by atoms with E-state index in [0.717, 1.165) is 22.3 Å². The zero-order valence-electron chi connectivity index (χ0n) is 19.8. The third-order valence-corrected chi connectivity index (χ3v) is 7.46. The van der Waals surface area contributed by atoms with Crippen LogP contribution in [0.25, 0.3) is 0 Å². The van der Waals surface area contributed by atoms with E-state index < -0.39 is 11.0 Å². The molecule has 0 radical (unpaired) electrons. The molecule has 3 saturated heterocycles. The summed E-state index contributed by atoms with van der Waals surface area (Å²) in [5.41, 5.74) is 2.89. The number of carbonyl (C=O) groups is 2. The molecule has 0 unspecified atom stereocenters. The number of amides is 2. The molecule has 6 nitrogen and oxygen atoms in total. The molecule has 2 aromatic carbocycles. The van der Waals surface area contributed by atoms with Gasteiger partial charge in [-0.2, -0.15) is 0 Å². The van der Waals surface area contributed by atoms with Gasteiger partial charge in [-0.15, -0.1) is 0 Å². The van der Waals surface area contributed by atoms with Gasteiger partial charge in [0.1, 0.15) is 5.82 Å². The summed E-state index contributed by atoms with van der Waals surface area (Å²) >= 11 is 0. The molecule has 0 saturated carbocycles. The van der Waals surface area contributed by atoms with E-state index in [2.05, 4.69) is 32.0 Å². The van der Waals surface area contributed by atoms with Crippen molar-refractivity contribution in [1.29, 1.82) is 0 Å². The first-order valence-electron chi connectivity index (χ1n) is 12.0. The Labute approximate surface area is 199 Å². The number of ether oxygens (including phenoxy) is 2. The van der Waals surface area contributed by atoms with E-state index in [-0.39, 0.29) is 17.8 Å². The molecule has 180 valence electrons. The van der Waals surface area contributed by atoms with Gasteiger partial charge in [0, 0.05) is 32.7 Å². The average Bonchev–Trinajstić information content (AvgIpc) is 3.36. The van der Waals surface area contributed by atoms with E-state index in [1.54, 1.807) is 17.0 Å². The molecule has 3 aliphatic rings. The fourth-order valence-corrected chi connectivity index (χ4v) is 5.75. The Bertz CT molecular complexity index is 1080. The molecule has 7 heteroatoms. The number of aryl methyl sites for hydroxylation is 2. The summed E-state index contributed by atoms with van der Waals surface area (Å²) in [6.07, 6.45) is 1.53. The molecule has 0 aliphatic carbocycles. The number of halogens is 1. The maximum atomic E-state index is 14.1. The maximum Gasteiger partial charge on any atom is 0.410 e. The molecular weight excluding hydrogens is 435 g/mol. The van der Waals surface area contributed by atoms with Crippen LogP contribution in [0.3, 0.4) is 0 Å². The first-order valence-corrected chi connectivity index (χ1v) is 12.0. The summed E-state index contributed by atoms with van der Waals surface area (Å²) in [5, 5.41) is 0. The Balaban J connectivity index is 1.34. The van der Waals surface area contributed by atoms with Gasteiger partial charge < -0.3 is 14.4 Å². The van der Waals surface area contributed by atoms with Crippen molar-refractivity contribution in [3.8, 4) is 0 Å². The fourth-order valence-electron chi connectivity index (χ4n) is 5.75. The number of nitrogens with zero attached hydrogens (tertiary/aromatic N) is 2. The van der Waals surface area contributed by atoms with Gasteiger partial charge in [0.2, 0.25) is 5.91 Å². The van der Waals surface area contributed by atoms with Gasteiger partial charge >= 0.3 is 6.09 Å². The second kappa shape index (κ2) is 8.69. The van der Waals surface area contributed by atoms with E-state index in [4.69, 9.17) is 9.47 Å². The topological polar surface area (TPSA) is 59.1 Å². The summed E-state index contributed by atoms with van der Waals surface area (Å²) in [6, 6.07) is 12.5. The highest BCUT2D eigenvalue weighted by atomic mass is 19.1. The van der Waals surface area contributed by atoms with Crippen molar-refractivity contribution >= 4 is 12.0 Å². The Morgan fingerprint density at radius 1 is 1.00 bits per heavy atom. The van der Waals surface area contributed by atoms with Crippen LogP contribution in [0.15, 0.2) is 42.5 Å². The minimum atomic E-state index is -0.693. The molecule has 3 heterocycles. The summed E-state index contributed by atoms with van der Waals surface area (Å²) < 4.78 is 24.7. The molecule has 2 amide bonds. The maximum absolute atomic E-state index is 14.1. The van der Waals surface area contributed by atoms with Crippen molar-refractivity contribution in [2.45, 2.75) is 50.7 Å². The van der Waals surface area contributed by atoms with E-state index in [9.17, 15) is 14.0 Å². The van der Waals surface area contributed by atoms with Gasteiger partial charge in [-0.1, -0.05) is 41.5 Å². The lowest BCUT2D eigenvalue weighted by molar-refractivity contribution is -0.141. The zero-order chi connectivity index (χ0) is 23.9. The van der Waals surface area contributed by atoms with E-state index in [0.29, 0.717) is 58.7 Å². The van der Waals surface area contributed by atoms with Gasteiger partial charge in [0.25, 0.3) is 0 Å². The standard InChI is InChI=1S/C27H31FN2O4/c1-19-13-20(2)15-22(14-19)27(8-11-33-12-9-27)24(31)29-10-7-26(17-29)18-30(25(32)34-26)16-21-3-5-23(28)6-4-21/h3-6,13-15H,7-12,16-18H2,1-2H3/t26-/m1/s1. The fraction of sp³-hybridized carbons (Fsp3) is 0.481. The number of hydrogen-bond donors (Lipinski definition) is 0. The smallest absolute Gasteiger partial charge is 0.410 e. The minimum Gasteiger partial charge on any atom is -0.439 e. The van der Waals surface area contributed by atoms with Crippen molar-refractivity contribution in [2.75, 3.05) is 32.8 Å². The van der Waals surface area contributed by atoms with Crippen molar-refractivity contribution in [1.82, 2.24) is 9.80 Å². The molecule has 5 rings (SSSR count). The highest BCUT2D eigenvalue weighted by Gasteiger charge is 2.53. The van der Waals surface area contributed by atoms with Crippen molar-refractivity contribution in [3.05, 3.63) is 70.5 Å². The van der Waals surface area contributed by atoms with Crippen molar-refractivity contribution < 1.29 is 23.5 Å². The number of benzene rings is 2. The normalized spacial score (nSPS) is 24.0. The second-order valence-electron chi connectivity index (χ2n) is 10.1. The van der Waals surface area contributed by atoms with E-state index in [1.807, 2.05) is 4.90 Å². The van der Waals surface area contributed by atoms with Crippen LogP contribution < -0.4 is 0 Å². The largest absolute Gasteiger partial charge is 0.439 e. The summed E-state index contributed by atoms with van der Waals surface area (Å²) in [6.45, 7) is 6.97. The van der Waals surface area contributed by atoms with E-state index in [1.165, 1.54) is 12.1 Å². The van der Waals surface area contributed by atoms with Gasteiger partial charge in [-0.25, -0.2) is 9.18 Å². The lowest BCUT2D eigenvalue weighted by Gasteiger charge is -2.39. The Hall–Kier alpha value is -2.93.